The minimum atomic E-state index is 0.459. The predicted molar refractivity (Wildman–Crippen MR) is 138 cm³/mol. The van der Waals surface area contributed by atoms with Gasteiger partial charge in [-0.1, -0.05) is 13.0 Å². The quantitative estimate of drug-likeness (QED) is 0.521. The van der Waals surface area contributed by atoms with Crippen molar-refractivity contribution in [3.8, 4) is 10.4 Å². The predicted octanol–water partition coefficient (Wildman–Crippen LogP) is 3.69. The highest BCUT2D eigenvalue weighted by Crippen LogP contribution is 2.39. The highest BCUT2D eigenvalue weighted by atomic mass is 32.1. The highest BCUT2D eigenvalue weighted by molar-refractivity contribution is 7.18. The Bertz CT molecular complexity index is 1030. The van der Waals surface area contributed by atoms with Crippen LogP contribution in [0.2, 0.25) is 0 Å². The van der Waals surface area contributed by atoms with Gasteiger partial charge in [-0.05, 0) is 24.9 Å². The van der Waals surface area contributed by atoms with Gasteiger partial charge in [0, 0.05) is 67.7 Å². The SMILES string of the molecule is CCN1CCN(C(C)CNc2nc(CN3CCOCC3)nc3scc(-c4cccs4)c23)CC1. The van der Waals surface area contributed by atoms with E-state index in [1.807, 2.05) is 0 Å². The summed E-state index contributed by atoms with van der Waals surface area (Å²) in [5.74, 6) is 1.88. The lowest BCUT2D eigenvalue weighted by Gasteiger charge is -2.37. The third kappa shape index (κ3) is 5.39. The lowest BCUT2D eigenvalue weighted by Crippen LogP contribution is -2.51. The van der Waals surface area contributed by atoms with Crippen molar-refractivity contribution in [1.29, 1.82) is 0 Å². The standard InChI is InChI=1S/C24H34N6OS2/c1-3-28-6-8-30(9-7-28)18(2)15-25-23-22-19(20-5-4-14-32-20)17-33-24(22)27-21(26-23)16-29-10-12-31-13-11-29/h4-5,14,17-18H,3,6-13,15-16H2,1-2H3,(H,25,26,27). The largest absolute Gasteiger partial charge is 0.379 e. The number of hydrogen-bond donors (Lipinski definition) is 1. The van der Waals surface area contributed by atoms with Crippen LogP contribution in [0.25, 0.3) is 20.7 Å². The van der Waals surface area contributed by atoms with Crippen LogP contribution in [0.3, 0.4) is 0 Å². The molecule has 0 aromatic carbocycles. The Morgan fingerprint density at radius 1 is 1.06 bits per heavy atom. The maximum atomic E-state index is 5.51. The molecule has 0 saturated carbocycles. The lowest BCUT2D eigenvalue weighted by molar-refractivity contribution is 0.0331. The van der Waals surface area contributed by atoms with E-state index in [1.54, 1.807) is 22.7 Å². The van der Waals surface area contributed by atoms with Crippen molar-refractivity contribution >= 4 is 38.7 Å². The molecule has 9 heteroatoms. The molecule has 1 unspecified atom stereocenters. The highest BCUT2D eigenvalue weighted by Gasteiger charge is 2.22. The maximum absolute atomic E-state index is 5.51. The minimum Gasteiger partial charge on any atom is -0.379 e. The first kappa shape index (κ1) is 23.1. The van der Waals surface area contributed by atoms with Gasteiger partial charge >= 0.3 is 0 Å². The molecular weight excluding hydrogens is 452 g/mol. The van der Waals surface area contributed by atoms with Crippen LogP contribution in [0.15, 0.2) is 22.9 Å². The number of nitrogens with zero attached hydrogens (tertiary/aromatic N) is 5. The summed E-state index contributed by atoms with van der Waals surface area (Å²) in [6.45, 7) is 15.4. The second-order valence-electron chi connectivity index (χ2n) is 8.88. The first-order valence-electron chi connectivity index (χ1n) is 12.0. The number of aromatic nitrogens is 2. The molecule has 0 bridgehead atoms. The second kappa shape index (κ2) is 10.8. The third-order valence-electron chi connectivity index (χ3n) is 6.78. The van der Waals surface area contributed by atoms with E-state index < -0.39 is 0 Å². The molecule has 0 amide bonds. The van der Waals surface area contributed by atoms with Crippen LogP contribution in [0.1, 0.15) is 19.7 Å². The number of rotatable bonds is 8. The van der Waals surface area contributed by atoms with Crippen molar-refractivity contribution in [1.82, 2.24) is 24.7 Å². The van der Waals surface area contributed by atoms with Gasteiger partial charge in [-0.3, -0.25) is 9.80 Å². The molecule has 1 N–H and O–H groups in total. The Hall–Kier alpha value is -1.62. The van der Waals surface area contributed by atoms with Crippen LogP contribution in [-0.2, 0) is 11.3 Å². The van der Waals surface area contributed by atoms with E-state index in [1.165, 1.54) is 10.4 Å². The summed E-state index contributed by atoms with van der Waals surface area (Å²) in [4.78, 5) is 19.9. The molecule has 5 rings (SSSR count). The summed E-state index contributed by atoms with van der Waals surface area (Å²) in [6, 6.07) is 4.76. The Kier molecular flexibility index (Phi) is 7.54. The van der Waals surface area contributed by atoms with E-state index in [0.29, 0.717) is 6.04 Å². The molecule has 5 heterocycles. The smallest absolute Gasteiger partial charge is 0.146 e. The molecule has 33 heavy (non-hydrogen) atoms. The molecular formula is C24H34N6OS2. The van der Waals surface area contributed by atoms with Gasteiger partial charge in [0.25, 0.3) is 0 Å². The fourth-order valence-electron chi connectivity index (χ4n) is 4.65. The van der Waals surface area contributed by atoms with Crippen molar-refractivity contribution in [3.05, 3.63) is 28.7 Å². The van der Waals surface area contributed by atoms with Crippen molar-refractivity contribution in [2.24, 2.45) is 0 Å². The van der Waals surface area contributed by atoms with Gasteiger partial charge in [0.15, 0.2) is 0 Å². The number of ether oxygens (including phenoxy) is 1. The molecule has 178 valence electrons. The average molecular weight is 487 g/mol. The summed E-state index contributed by atoms with van der Waals surface area (Å²) in [6.07, 6.45) is 0. The summed E-state index contributed by atoms with van der Waals surface area (Å²) in [5, 5.41) is 9.28. The number of hydrogen-bond acceptors (Lipinski definition) is 9. The van der Waals surface area contributed by atoms with E-state index in [2.05, 4.69) is 56.8 Å². The molecule has 0 spiro atoms. The maximum Gasteiger partial charge on any atom is 0.146 e. The first-order valence-corrected chi connectivity index (χ1v) is 13.8. The molecule has 2 aliphatic heterocycles. The molecule has 3 aromatic heterocycles. The molecule has 7 nitrogen and oxygen atoms in total. The number of piperazine rings is 1. The zero-order valence-electron chi connectivity index (χ0n) is 19.6. The molecule has 2 fully saturated rings. The molecule has 0 aliphatic carbocycles. The molecule has 3 aromatic rings. The number of fused-ring (bicyclic) bond motifs is 1. The fraction of sp³-hybridized carbons (Fsp3) is 0.583. The van der Waals surface area contributed by atoms with Gasteiger partial charge < -0.3 is 15.0 Å². The zero-order valence-corrected chi connectivity index (χ0v) is 21.3. The van der Waals surface area contributed by atoms with Crippen LogP contribution in [0, 0.1) is 0 Å². The second-order valence-corrected chi connectivity index (χ2v) is 10.7. The van der Waals surface area contributed by atoms with Gasteiger partial charge in [-0.2, -0.15) is 0 Å². The molecule has 2 saturated heterocycles. The minimum absolute atomic E-state index is 0.459. The van der Waals surface area contributed by atoms with Gasteiger partial charge in [0.2, 0.25) is 0 Å². The Morgan fingerprint density at radius 3 is 2.61 bits per heavy atom. The van der Waals surface area contributed by atoms with Crippen LogP contribution in [0.5, 0.6) is 0 Å². The number of likely N-dealkylation sites (N-methyl/N-ethyl adjacent to an activating group) is 1. The Morgan fingerprint density at radius 2 is 1.88 bits per heavy atom. The van der Waals surface area contributed by atoms with Crippen LogP contribution in [-0.4, -0.2) is 96.3 Å². The normalized spacial score (nSPS) is 19.8. The van der Waals surface area contributed by atoms with E-state index in [-0.39, 0.29) is 0 Å². The summed E-state index contributed by atoms with van der Waals surface area (Å²) < 4.78 is 5.51. The number of morpholine rings is 1. The monoisotopic (exact) mass is 486 g/mol. The molecule has 2 aliphatic rings. The van der Waals surface area contributed by atoms with E-state index in [4.69, 9.17) is 14.7 Å². The number of nitrogens with one attached hydrogen (secondary N) is 1. The Balaban J connectivity index is 1.37. The van der Waals surface area contributed by atoms with Crippen molar-refractivity contribution < 1.29 is 4.74 Å². The fourth-order valence-corrected chi connectivity index (χ4v) is 6.43. The summed E-state index contributed by atoms with van der Waals surface area (Å²) >= 11 is 3.50. The van der Waals surface area contributed by atoms with Gasteiger partial charge in [-0.25, -0.2) is 9.97 Å². The average Bonchev–Trinajstić information content (AvgIpc) is 3.53. The number of anilines is 1. The van der Waals surface area contributed by atoms with Crippen LogP contribution < -0.4 is 5.32 Å². The zero-order chi connectivity index (χ0) is 22.6. The van der Waals surface area contributed by atoms with Gasteiger partial charge in [0.1, 0.15) is 16.5 Å². The van der Waals surface area contributed by atoms with E-state index in [9.17, 15) is 0 Å². The van der Waals surface area contributed by atoms with Crippen LogP contribution in [0.4, 0.5) is 5.82 Å². The number of thiophene rings is 2. The summed E-state index contributed by atoms with van der Waals surface area (Å²) in [5.41, 5.74) is 1.25. The third-order valence-corrected chi connectivity index (χ3v) is 8.55. The van der Waals surface area contributed by atoms with Crippen molar-refractivity contribution in [2.45, 2.75) is 26.4 Å². The molecule has 1 atom stereocenters. The lowest BCUT2D eigenvalue weighted by atomic mass is 10.2. The van der Waals surface area contributed by atoms with E-state index in [0.717, 1.165) is 94.0 Å². The first-order chi connectivity index (χ1) is 16.2. The van der Waals surface area contributed by atoms with Crippen molar-refractivity contribution in [2.75, 3.05) is 70.9 Å². The summed E-state index contributed by atoms with van der Waals surface area (Å²) in [7, 11) is 0. The van der Waals surface area contributed by atoms with Crippen LogP contribution >= 0.6 is 22.7 Å². The van der Waals surface area contributed by atoms with E-state index >= 15 is 0 Å². The van der Waals surface area contributed by atoms with Gasteiger partial charge in [-0.15, -0.1) is 22.7 Å². The van der Waals surface area contributed by atoms with Gasteiger partial charge in [0.05, 0.1) is 25.1 Å². The molecule has 0 radical (unpaired) electrons. The topological polar surface area (TPSA) is 56.8 Å². The Labute approximate surface area is 204 Å². The van der Waals surface area contributed by atoms with Crippen molar-refractivity contribution in [3.63, 3.8) is 0 Å².